The van der Waals surface area contributed by atoms with Crippen LogP contribution in [0.25, 0.3) is 92.7 Å². The Morgan fingerprint density at radius 2 is 1.00 bits per heavy atom. The molecule has 3 aromatic heterocycles. The average molecular weight is 656 g/mol. The van der Waals surface area contributed by atoms with Crippen molar-refractivity contribution in [1.29, 1.82) is 0 Å². The third-order valence-electron chi connectivity index (χ3n) is 9.63. The number of aromatic nitrogens is 3. The smallest absolute Gasteiger partial charge is 0.161 e. The van der Waals surface area contributed by atoms with E-state index in [9.17, 15) is 0 Å². The lowest BCUT2D eigenvalue weighted by Gasteiger charge is -2.11. The first-order valence-electron chi connectivity index (χ1n) is 16.8. The number of fused-ring (bicyclic) bond motifs is 6. The molecule has 0 aliphatic heterocycles. The minimum atomic E-state index is 0.732. The van der Waals surface area contributed by atoms with Crippen LogP contribution in [-0.4, -0.2) is 14.5 Å². The summed E-state index contributed by atoms with van der Waals surface area (Å²) in [7, 11) is 0. The van der Waals surface area contributed by atoms with Crippen LogP contribution in [0.5, 0.6) is 0 Å². The molecule has 0 amide bonds. The zero-order valence-corrected chi connectivity index (χ0v) is 27.8. The maximum atomic E-state index is 5.19. The van der Waals surface area contributed by atoms with E-state index in [1.165, 1.54) is 53.1 Å². The monoisotopic (exact) mass is 655 g/mol. The van der Waals surface area contributed by atoms with E-state index in [1.54, 1.807) is 0 Å². The second-order valence-electron chi connectivity index (χ2n) is 12.6. The molecule has 234 valence electrons. The van der Waals surface area contributed by atoms with E-state index < -0.39 is 0 Å². The highest BCUT2D eigenvalue weighted by Crippen LogP contribution is 2.43. The predicted molar refractivity (Wildman–Crippen MR) is 211 cm³/mol. The van der Waals surface area contributed by atoms with Crippen LogP contribution in [0, 0.1) is 0 Å². The molecule has 0 atom stereocenters. The van der Waals surface area contributed by atoms with Crippen molar-refractivity contribution < 1.29 is 0 Å². The van der Waals surface area contributed by atoms with Crippen molar-refractivity contribution >= 4 is 53.3 Å². The fraction of sp³-hybridized carbons (Fsp3) is 0. The van der Waals surface area contributed by atoms with Gasteiger partial charge < -0.3 is 4.57 Å². The molecule has 0 fully saturated rings. The molecule has 0 aliphatic carbocycles. The third kappa shape index (κ3) is 4.65. The Labute approximate surface area is 293 Å². The van der Waals surface area contributed by atoms with E-state index in [-0.39, 0.29) is 0 Å². The number of para-hydroxylation sites is 1. The van der Waals surface area contributed by atoms with E-state index in [2.05, 4.69) is 168 Å². The SMILES string of the molecule is c1ccc(-c2cc(-c3ccccc3)nc(-c3cccc4sc5cc(-n6c7ccccc7c7c(-c8ccccc8)cccc76)ccc5c34)n2)cc1. The Hall–Kier alpha value is -6.36. The molecule has 0 aliphatic rings. The molecule has 4 heteroatoms. The zero-order chi connectivity index (χ0) is 33.0. The highest BCUT2D eigenvalue weighted by molar-refractivity contribution is 7.26. The summed E-state index contributed by atoms with van der Waals surface area (Å²) in [6.45, 7) is 0. The molecule has 0 saturated carbocycles. The molecule has 0 N–H and O–H groups in total. The summed E-state index contributed by atoms with van der Waals surface area (Å²) < 4.78 is 4.87. The summed E-state index contributed by atoms with van der Waals surface area (Å²) in [6, 6.07) is 62.4. The van der Waals surface area contributed by atoms with E-state index in [1.807, 2.05) is 23.5 Å². The van der Waals surface area contributed by atoms with Gasteiger partial charge in [-0.25, -0.2) is 9.97 Å². The zero-order valence-electron chi connectivity index (χ0n) is 27.0. The van der Waals surface area contributed by atoms with Crippen LogP contribution in [0.3, 0.4) is 0 Å². The van der Waals surface area contributed by atoms with E-state index in [0.29, 0.717) is 0 Å². The Morgan fingerprint density at radius 3 is 1.72 bits per heavy atom. The summed E-state index contributed by atoms with van der Waals surface area (Å²) in [4.78, 5) is 10.4. The van der Waals surface area contributed by atoms with Gasteiger partial charge >= 0.3 is 0 Å². The first kappa shape index (κ1) is 28.6. The quantitative estimate of drug-likeness (QED) is 0.185. The van der Waals surface area contributed by atoms with Crippen LogP contribution in [0.2, 0.25) is 0 Å². The van der Waals surface area contributed by atoms with Crippen LogP contribution < -0.4 is 0 Å². The summed E-state index contributed by atoms with van der Waals surface area (Å²) in [5.41, 5.74) is 11.0. The lowest BCUT2D eigenvalue weighted by Crippen LogP contribution is -1.96. The van der Waals surface area contributed by atoms with Crippen molar-refractivity contribution in [2.24, 2.45) is 0 Å². The largest absolute Gasteiger partial charge is 0.309 e. The lowest BCUT2D eigenvalue weighted by atomic mass is 9.99. The van der Waals surface area contributed by atoms with Gasteiger partial charge in [0.15, 0.2) is 5.82 Å². The van der Waals surface area contributed by atoms with Crippen molar-refractivity contribution in [3.05, 3.63) is 176 Å². The first-order valence-corrected chi connectivity index (χ1v) is 17.7. The molecular formula is C46H29N3S. The average Bonchev–Trinajstić information content (AvgIpc) is 3.74. The molecule has 0 bridgehead atoms. The maximum absolute atomic E-state index is 5.19. The van der Waals surface area contributed by atoms with E-state index in [0.717, 1.165) is 39.6 Å². The number of nitrogens with zero attached hydrogens (tertiary/aromatic N) is 3. The van der Waals surface area contributed by atoms with Gasteiger partial charge in [-0.05, 0) is 47.5 Å². The van der Waals surface area contributed by atoms with Gasteiger partial charge in [0, 0.05) is 53.3 Å². The van der Waals surface area contributed by atoms with E-state index in [4.69, 9.17) is 9.97 Å². The van der Waals surface area contributed by atoms with Crippen molar-refractivity contribution in [2.45, 2.75) is 0 Å². The molecule has 0 unspecified atom stereocenters. The van der Waals surface area contributed by atoms with Gasteiger partial charge in [0.1, 0.15) is 0 Å². The topological polar surface area (TPSA) is 30.7 Å². The third-order valence-corrected chi connectivity index (χ3v) is 10.7. The second-order valence-corrected chi connectivity index (χ2v) is 13.7. The van der Waals surface area contributed by atoms with Gasteiger partial charge in [-0.2, -0.15) is 0 Å². The molecule has 50 heavy (non-hydrogen) atoms. The number of benzene rings is 7. The Bertz CT molecular complexity index is 2800. The molecular weight excluding hydrogens is 627 g/mol. The van der Waals surface area contributed by atoms with Gasteiger partial charge in [0.2, 0.25) is 0 Å². The van der Waals surface area contributed by atoms with Crippen LogP contribution >= 0.6 is 11.3 Å². The second kappa shape index (κ2) is 11.7. The number of rotatable bonds is 5. The number of hydrogen-bond donors (Lipinski definition) is 0. The molecule has 10 aromatic rings. The van der Waals surface area contributed by atoms with Crippen molar-refractivity contribution in [3.8, 4) is 50.7 Å². The van der Waals surface area contributed by atoms with Gasteiger partial charge in [-0.15, -0.1) is 11.3 Å². The van der Waals surface area contributed by atoms with Gasteiger partial charge in [0.05, 0.1) is 22.4 Å². The number of hydrogen-bond acceptors (Lipinski definition) is 3. The summed E-state index contributed by atoms with van der Waals surface area (Å²) >= 11 is 1.83. The highest BCUT2D eigenvalue weighted by Gasteiger charge is 2.19. The Balaban J connectivity index is 1.18. The molecule has 3 heterocycles. The van der Waals surface area contributed by atoms with Crippen LogP contribution in [0.15, 0.2) is 176 Å². The van der Waals surface area contributed by atoms with Gasteiger partial charge in [-0.1, -0.05) is 140 Å². The maximum Gasteiger partial charge on any atom is 0.161 e. The minimum absolute atomic E-state index is 0.732. The molecule has 0 saturated heterocycles. The standard InChI is InChI=1S/C46H29N3S/c1-4-14-30(15-5-1)34-21-12-24-41-44(34)35-20-10-11-23-40(35)49(41)33-26-27-36-43(28-33)50-42-25-13-22-37(45(36)42)46-47-38(31-16-6-2-7-17-31)29-39(48-46)32-18-8-3-9-19-32/h1-29H. The Morgan fingerprint density at radius 1 is 0.400 bits per heavy atom. The van der Waals surface area contributed by atoms with Crippen molar-refractivity contribution in [2.75, 3.05) is 0 Å². The number of thiophene rings is 1. The normalized spacial score (nSPS) is 11.6. The van der Waals surface area contributed by atoms with Gasteiger partial charge in [-0.3, -0.25) is 0 Å². The van der Waals surface area contributed by atoms with Crippen LogP contribution in [0.4, 0.5) is 0 Å². The van der Waals surface area contributed by atoms with E-state index >= 15 is 0 Å². The lowest BCUT2D eigenvalue weighted by molar-refractivity contribution is 1.19. The molecule has 7 aromatic carbocycles. The minimum Gasteiger partial charge on any atom is -0.309 e. The van der Waals surface area contributed by atoms with Gasteiger partial charge in [0.25, 0.3) is 0 Å². The molecule has 0 radical (unpaired) electrons. The predicted octanol–water partition coefficient (Wildman–Crippen LogP) is 12.6. The fourth-order valence-electron chi connectivity index (χ4n) is 7.38. The van der Waals surface area contributed by atoms with Crippen LogP contribution in [-0.2, 0) is 0 Å². The fourth-order valence-corrected chi connectivity index (χ4v) is 8.54. The molecule has 3 nitrogen and oxygen atoms in total. The highest BCUT2D eigenvalue weighted by atomic mass is 32.1. The first-order chi connectivity index (χ1) is 24.8. The Kier molecular flexibility index (Phi) is 6.68. The van der Waals surface area contributed by atoms with Crippen LogP contribution in [0.1, 0.15) is 0 Å². The van der Waals surface area contributed by atoms with Crippen molar-refractivity contribution in [1.82, 2.24) is 14.5 Å². The molecule has 10 rings (SSSR count). The summed E-state index contributed by atoms with van der Waals surface area (Å²) in [5, 5.41) is 4.94. The van der Waals surface area contributed by atoms with Crippen molar-refractivity contribution in [3.63, 3.8) is 0 Å². The summed E-state index contributed by atoms with van der Waals surface area (Å²) in [6.07, 6.45) is 0. The summed E-state index contributed by atoms with van der Waals surface area (Å²) in [5.74, 6) is 0.732. The molecule has 0 spiro atoms.